The summed E-state index contributed by atoms with van der Waals surface area (Å²) >= 11 is 0. The molecule has 1 atom stereocenters. The molecule has 0 saturated heterocycles. The molecule has 0 aliphatic heterocycles. The molecular formula is C12H21N3O3S. The van der Waals surface area contributed by atoms with Crippen LogP contribution in [0.25, 0.3) is 0 Å². The number of nitrogens with two attached hydrogens (primary N) is 2. The van der Waals surface area contributed by atoms with Crippen molar-refractivity contribution in [2.45, 2.75) is 37.1 Å². The Morgan fingerprint density at radius 1 is 1.42 bits per heavy atom. The minimum atomic E-state index is -3.75. The molecule has 0 aliphatic rings. The van der Waals surface area contributed by atoms with Gasteiger partial charge in [-0.25, -0.2) is 13.6 Å². The van der Waals surface area contributed by atoms with Gasteiger partial charge in [0.15, 0.2) is 0 Å². The first-order valence-corrected chi connectivity index (χ1v) is 7.58. The fourth-order valence-electron chi connectivity index (χ4n) is 1.73. The largest absolute Gasteiger partial charge is 0.397 e. The molecule has 0 aromatic heterocycles. The zero-order valence-electron chi connectivity index (χ0n) is 11.2. The monoisotopic (exact) mass is 287 g/mol. The van der Waals surface area contributed by atoms with Gasteiger partial charge in [-0.1, -0.05) is 6.92 Å². The second kappa shape index (κ2) is 5.77. The Kier molecular flexibility index (Phi) is 4.78. The lowest BCUT2D eigenvalue weighted by molar-refractivity contribution is 0.252. The number of anilines is 2. The summed E-state index contributed by atoms with van der Waals surface area (Å²) in [6, 6.07) is 4.32. The van der Waals surface area contributed by atoms with Crippen molar-refractivity contribution in [1.29, 1.82) is 0 Å². The van der Waals surface area contributed by atoms with Gasteiger partial charge in [0.2, 0.25) is 10.0 Å². The maximum absolute atomic E-state index is 11.2. The van der Waals surface area contributed by atoms with Crippen molar-refractivity contribution in [1.82, 2.24) is 0 Å². The van der Waals surface area contributed by atoms with Gasteiger partial charge in [0.25, 0.3) is 0 Å². The van der Waals surface area contributed by atoms with Gasteiger partial charge in [-0.05, 0) is 38.0 Å². The molecule has 1 aromatic carbocycles. The van der Waals surface area contributed by atoms with Gasteiger partial charge >= 0.3 is 0 Å². The number of hydrogen-bond donors (Lipinski definition) is 4. The summed E-state index contributed by atoms with van der Waals surface area (Å²) in [6.45, 7) is 4.03. The van der Waals surface area contributed by atoms with E-state index in [1.165, 1.54) is 12.1 Å². The highest BCUT2D eigenvalue weighted by atomic mass is 32.2. The van der Waals surface area contributed by atoms with E-state index in [-0.39, 0.29) is 17.0 Å². The maximum atomic E-state index is 11.2. The minimum absolute atomic E-state index is 0.0177. The fourth-order valence-corrected chi connectivity index (χ4v) is 2.28. The van der Waals surface area contributed by atoms with E-state index in [0.29, 0.717) is 17.8 Å². The highest BCUT2D eigenvalue weighted by Gasteiger charge is 2.22. The molecule has 108 valence electrons. The van der Waals surface area contributed by atoms with E-state index in [4.69, 9.17) is 16.0 Å². The molecule has 0 amide bonds. The predicted octanol–water partition coefficient (Wildman–Crippen LogP) is 0.879. The zero-order chi connectivity index (χ0) is 14.7. The van der Waals surface area contributed by atoms with E-state index in [2.05, 4.69) is 5.32 Å². The van der Waals surface area contributed by atoms with Crippen molar-refractivity contribution in [2.75, 3.05) is 17.7 Å². The summed E-state index contributed by atoms with van der Waals surface area (Å²) in [5, 5.41) is 17.3. The molecule has 1 unspecified atom stereocenters. The number of nitrogens with one attached hydrogen (secondary N) is 1. The van der Waals surface area contributed by atoms with Crippen LogP contribution in [-0.4, -0.2) is 25.7 Å². The van der Waals surface area contributed by atoms with Crippen LogP contribution in [0.3, 0.4) is 0 Å². The summed E-state index contributed by atoms with van der Waals surface area (Å²) < 4.78 is 22.4. The number of benzene rings is 1. The third-order valence-electron chi connectivity index (χ3n) is 3.23. The third-order valence-corrected chi connectivity index (χ3v) is 4.14. The van der Waals surface area contributed by atoms with Crippen LogP contribution < -0.4 is 16.2 Å². The number of sulfonamides is 1. The summed E-state index contributed by atoms with van der Waals surface area (Å²) in [6.07, 6.45) is 1.36. The average molecular weight is 287 g/mol. The van der Waals surface area contributed by atoms with Crippen molar-refractivity contribution >= 4 is 21.4 Å². The number of aliphatic hydroxyl groups is 1. The van der Waals surface area contributed by atoms with Crippen LogP contribution in [0.4, 0.5) is 11.4 Å². The number of aliphatic hydroxyl groups excluding tert-OH is 1. The van der Waals surface area contributed by atoms with Crippen molar-refractivity contribution in [3.8, 4) is 0 Å². The Labute approximate surface area is 113 Å². The molecule has 1 aromatic rings. The van der Waals surface area contributed by atoms with Gasteiger partial charge in [0.1, 0.15) is 0 Å². The van der Waals surface area contributed by atoms with Crippen LogP contribution >= 0.6 is 0 Å². The lowest BCUT2D eigenvalue weighted by Gasteiger charge is -2.31. The summed E-state index contributed by atoms with van der Waals surface area (Å²) in [5.41, 5.74) is 6.47. The van der Waals surface area contributed by atoms with E-state index in [9.17, 15) is 8.42 Å². The first-order valence-electron chi connectivity index (χ1n) is 6.03. The predicted molar refractivity (Wildman–Crippen MR) is 76.2 cm³/mol. The highest BCUT2D eigenvalue weighted by Crippen LogP contribution is 2.27. The first-order chi connectivity index (χ1) is 8.72. The quantitative estimate of drug-likeness (QED) is 0.579. The van der Waals surface area contributed by atoms with Crippen molar-refractivity contribution in [3.63, 3.8) is 0 Å². The average Bonchev–Trinajstić information content (AvgIpc) is 2.31. The van der Waals surface area contributed by atoms with E-state index >= 15 is 0 Å². The van der Waals surface area contributed by atoms with Crippen LogP contribution in [0.2, 0.25) is 0 Å². The Morgan fingerprint density at radius 3 is 2.47 bits per heavy atom. The number of rotatable bonds is 6. The summed E-state index contributed by atoms with van der Waals surface area (Å²) in [4.78, 5) is -0.0177. The molecule has 0 saturated carbocycles. The van der Waals surface area contributed by atoms with Crippen LogP contribution in [0.5, 0.6) is 0 Å². The van der Waals surface area contributed by atoms with Gasteiger partial charge in [-0.2, -0.15) is 0 Å². The molecule has 19 heavy (non-hydrogen) atoms. The summed E-state index contributed by atoms with van der Waals surface area (Å²) in [5.74, 6) is 0. The van der Waals surface area contributed by atoms with Crippen LogP contribution in [0.15, 0.2) is 23.1 Å². The lowest BCUT2D eigenvalue weighted by atomic mass is 9.94. The van der Waals surface area contributed by atoms with E-state index in [1.807, 2.05) is 13.8 Å². The smallest absolute Gasteiger partial charge is 0.238 e. The fraction of sp³-hybridized carbons (Fsp3) is 0.500. The first kappa shape index (κ1) is 15.7. The zero-order valence-corrected chi connectivity index (χ0v) is 12.0. The van der Waals surface area contributed by atoms with Gasteiger partial charge in [0, 0.05) is 12.1 Å². The Hall–Kier alpha value is -1.31. The molecule has 0 radical (unpaired) electrons. The van der Waals surface area contributed by atoms with Crippen LogP contribution in [-0.2, 0) is 10.0 Å². The lowest BCUT2D eigenvalue weighted by Crippen LogP contribution is -2.35. The Balaban J connectivity index is 3.04. The number of hydrogen-bond acceptors (Lipinski definition) is 5. The molecule has 0 heterocycles. The van der Waals surface area contributed by atoms with Crippen molar-refractivity contribution < 1.29 is 13.5 Å². The molecule has 7 heteroatoms. The Morgan fingerprint density at radius 2 is 2.05 bits per heavy atom. The molecule has 6 nitrogen and oxygen atoms in total. The van der Waals surface area contributed by atoms with Gasteiger partial charge in [-0.3, -0.25) is 0 Å². The second-order valence-electron chi connectivity index (χ2n) is 4.81. The molecule has 0 spiro atoms. The Bertz CT molecular complexity index is 545. The van der Waals surface area contributed by atoms with Crippen molar-refractivity contribution in [2.24, 2.45) is 5.14 Å². The molecule has 0 bridgehead atoms. The third kappa shape index (κ3) is 4.09. The second-order valence-corrected chi connectivity index (χ2v) is 6.37. The molecule has 0 aliphatic carbocycles. The van der Waals surface area contributed by atoms with Crippen LogP contribution in [0.1, 0.15) is 26.7 Å². The van der Waals surface area contributed by atoms with E-state index < -0.39 is 10.0 Å². The summed E-state index contributed by atoms with van der Waals surface area (Å²) in [7, 11) is -3.75. The standard InChI is InChI=1S/C12H21N3O3S/c1-3-12(2,6-7-16)15-11-5-4-9(8-10(11)13)19(14,17)18/h4-5,8,15-16H,3,6-7,13H2,1-2H3,(H2,14,17,18). The topological polar surface area (TPSA) is 118 Å². The van der Waals surface area contributed by atoms with E-state index in [0.717, 1.165) is 6.42 Å². The normalized spacial score (nSPS) is 14.9. The van der Waals surface area contributed by atoms with Gasteiger partial charge in [0.05, 0.1) is 16.3 Å². The van der Waals surface area contributed by atoms with E-state index in [1.54, 1.807) is 6.07 Å². The van der Waals surface area contributed by atoms with Crippen molar-refractivity contribution in [3.05, 3.63) is 18.2 Å². The maximum Gasteiger partial charge on any atom is 0.238 e. The van der Waals surface area contributed by atoms with Gasteiger partial charge < -0.3 is 16.2 Å². The molecule has 6 N–H and O–H groups in total. The van der Waals surface area contributed by atoms with Gasteiger partial charge in [-0.15, -0.1) is 0 Å². The molecule has 0 fully saturated rings. The molecule has 1 rings (SSSR count). The number of primary sulfonamides is 1. The minimum Gasteiger partial charge on any atom is -0.397 e. The number of nitrogen functional groups attached to an aromatic ring is 1. The molecular weight excluding hydrogens is 266 g/mol. The van der Waals surface area contributed by atoms with Crippen LogP contribution in [0, 0.1) is 0 Å². The highest BCUT2D eigenvalue weighted by molar-refractivity contribution is 7.89. The SMILES string of the molecule is CCC(C)(CCO)Nc1ccc(S(N)(=O)=O)cc1N.